The van der Waals surface area contributed by atoms with Gasteiger partial charge in [0.25, 0.3) is 0 Å². The molecular weight excluding hydrogens is 373 g/mol. The second-order valence-corrected chi connectivity index (χ2v) is 3.79. The third-order valence-electron chi connectivity index (χ3n) is 1.40. The first-order valence-corrected chi connectivity index (χ1v) is 6.41. The summed E-state index contributed by atoms with van der Waals surface area (Å²) in [6.07, 6.45) is 3.78. The van der Waals surface area contributed by atoms with E-state index >= 15 is 0 Å². The number of hydrogen-bond donors (Lipinski definition) is 11. The largest absolute Gasteiger partial charge is 0.832 e. The third-order valence-corrected chi connectivity index (χ3v) is 1.40. The molecule has 27 heavy (non-hydrogen) atoms. The van der Waals surface area contributed by atoms with Crippen LogP contribution in [0.2, 0.25) is 0 Å². The Kier molecular flexibility index (Phi) is 27.1. The molecule has 0 saturated heterocycles. The second-order valence-electron chi connectivity index (χ2n) is 3.79. The summed E-state index contributed by atoms with van der Waals surface area (Å²) in [4.78, 5) is 1.89. The molecule has 0 amide bonds. The molecule has 0 bridgehead atoms. The van der Waals surface area contributed by atoms with E-state index in [1.807, 2.05) is 37.2 Å². The Hall–Kier alpha value is -1.78. The van der Waals surface area contributed by atoms with Gasteiger partial charge in [-0.25, -0.2) is 0 Å². The molecule has 19 heteroatoms. The van der Waals surface area contributed by atoms with Crippen molar-refractivity contribution in [3.8, 4) is 6.19 Å². The smallest absolute Gasteiger partial charge is 0.631 e. The van der Waals surface area contributed by atoms with E-state index in [2.05, 4.69) is 6.19 Å². The van der Waals surface area contributed by atoms with Crippen LogP contribution in [-0.4, -0.2) is 98.6 Å². The highest BCUT2D eigenvalue weighted by molar-refractivity contribution is 6.31. The summed E-state index contributed by atoms with van der Waals surface area (Å²) >= 11 is 0. The second kappa shape index (κ2) is 22.3. The number of rotatable bonds is 1. The molecule has 0 atom stereocenters. The van der Waals surface area contributed by atoms with E-state index in [-0.39, 0.29) is 0 Å². The number of pyridine rings is 1. The van der Waals surface area contributed by atoms with Gasteiger partial charge in [0.2, 0.25) is 5.82 Å². The van der Waals surface area contributed by atoms with Crippen molar-refractivity contribution in [2.45, 2.75) is 0 Å². The minimum absolute atomic E-state index is 0.884. The highest BCUT2D eigenvalue weighted by atomic mass is 16.5. The van der Waals surface area contributed by atoms with Crippen molar-refractivity contribution in [2.75, 3.05) is 19.0 Å². The van der Waals surface area contributed by atoms with E-state index in [1.54, 1.807) is 6.20 Å². The summed E-state index contributed by atoms with van der Waals surface area (Å²) in [6.45, 7) is 0. The van der Waals surface area contributed by atoms with Gasteiger partial charge < -0.3 is 60.3 Å². The van der Waals surface area contributed by atoms with E-state index in [4.69, 9.17) is 65.6 Å². The van der Waals surface area contributed by atoms with Gasteiger partial charge in [-0.05, 0) is 6.07 Å². The van der Waals surface area contributed by atoms with Crippen LogP contribution in [0.4, 0.5) is 5.82 Å². The van der Waals surface area contributed by atoms with Gasteiger partial charge in [0, 0.05) is 11.3 Å². The highest BCUT2D eigenvalue weighted by Gasteiger charge is 2.05. The topological polar surface area (TPSA) is 276 Å². The summed E-state index contributed by atoms with van der Waals surface area (Å²) in [6, 6.07) is 5.63. The van der Waals surface area contributed by atoms with Crippen LogP contribution in [0, 0.1) is 11.5 Å². The van der Waals surface area contributed by atoms with Gasteiger partial charge in [0.1, 0.15) is 0 Å². The number of aromatic nitrogens is 1. The van der Waals surface area contributed by atoms with Gasteiger partial charge in [-0.1, -0.05) is 6.07 Å². The van der Waals surface area contributed by atoms with Crippen molar-refractivity contribution in [2.24, 2.45) is 0 Å². The van der Waals surface area contributed by atoms with Gasteiger partial charge in [0.15, 0.2) is 0 Å². The lowest BCUT2D eigenvalue weighted by Crippen LogP contribution is -2.34. The quantitative estimate of drug-likeness (QED) is 0.156. The van der Waals surface area contributed by atoms with Crippen LogP contribution in [0.3, 0.4) is 0 Å². The van der Waals surface area contributed by atoms with Crippen LogP contribution in [0.25, 0.3) is 0 Å². The minimum Gasteiger partial charge on any atom is -0.832 e. The van der Waals surface area contributed by atoms with Gasteiger partial charge in [0.05, 0.1) is 20.3 Å². The van der Waals surface area contributed by atoms with Crippen LogP contribution >= 0.6 is 0 Å². The molecule has 0 radical (unpaired) electrons. The van der Waals surface area contributed by atoms with Crippen LogP contribution in [0.5, 0.6) is 0 Å². The summed E-state index contributed by atoms with van der Waals surface area (Å²) in [7, 11) is -5.10. The lowest BCUT2D eigenvalue weighted by atomic mass is 10.3. The fourth-order valence-electron chi connectivity index (χ4n) is 0.883. The molecule has 1 aromatic rings. The highest BCUT2D eigenvalue weighted by Crippen LogP contribution is 2.00. The summed E-state index contributed by atoms with van der Waals surface area (Å²) < 4.78 is 1.51. The van der Waals surface area contributed by atoms with Crippen molar-refractivity contribution >= 4 is 35.1 Å². The first kappa shape index (κ1) is 32.9. The van der Waals surface area contributed by atoms with Crippen molar-refractivity contribution in [3.05, 3.63) is 24.4 Å². The van der Waals surface area contributed by atoms with Crippen LogP contribution in [-0.2, 0) is 0 Å². The summed E-state index contributed by atoms with van der Waals surface area (Å²) in [5, 5.41) is 95.9. The van der Waals surface area contributed by atoms with Crippen molar-refractivity contribution in [3.63, 3.8) is 0 Å². The lowest BCUT2D eigenvalue weighted by Gasteiger charge is -2.06. The zero-order chi connectivity index (χ0) is 22.6. The Morgan fingerprint density at radius 3 is 1.33 bits per heavy atom. The predicted octanol–water partition coefficient (Wildman–Crippen LogP) is -8.47. The molecule has 0 aliphatic heterocycles. The van der Waals surface area contributed by atoms with Gasteiger partial charge in [-0.3, -0.25) is 4.90 Å². The molecule has 152 valence electrons. The lowest BCUT2D eigenvalue weighted by molar-refractivity contribution is -0.572. The maximum atomic E-state index is 8.65. The Balaban J connectivity index is -0.000000139. The molecule has 1 rings (SSSR count). The van der Waals surface area contributed by atoms with E-state index in [1.165, 1.54) is 4.57 Å². The maximum absolute atomic E-state index is 8.65. The molecular formula is C8H21B4N3O12. The molecule has 15 nitrogen and oxygen atoms in total. The molecule has 0 aromatic carbocycles. The van der Waals surface area contributed by atoms with Crippen LogP contribution in [0.15, 0.2) is 24.4 Å². The molecule has 0 aliphatic carbocycles. The molecule has 0 unspecified atom stereocenters. The zero-order valence-electron chi connectivity index (χ0n) is 14.3. The number of nitriles is 1. The molecule has 0 aliphatic rings. The SMILES string of the molecule is CN(C)c1cccc[n+]1C#N.OB(O)O.OB(O)O.OB(O)O.[O-]B(O)O. The van der Waals surface area contributed by atoms with E-state index in [0.717, 1.165) is 5.82 Å². The van der Waals surface area contributed by atoms with Gasteiger partial charge >= 0.3 is 35.5 Å². The van der Waals surface area contributed by atoms with E-state index in [0.29, 0.717) is 0 Å². The zero-order valence-corrected chi connectivity index (χ0v) is 14.3. The Bertz CT molecular complexity index is 441. The van der Waals surface area contributed by atoms with Crippen LogP contribution < -0.4 is 14.5 Å². The Morgan fingerprint density at radius 1 is 0.852 bits per heavy atom. The third kappa shape index (κ3) is 51.6. The first-order valence-electron chi connectivity index (χ1n) is 6.41. The fourth-order valence-corrected chi connectivity index (χ4v) is 0.883. The Labute approximate surface area is 155 Å². The summed E-state index contributed by atoms with van der Waals surface area (Å²) in [5.74, 6) is 0.884. The van der Waals surface area contributed by atoms with Crippen molar-refractivity contribution in [1.82, 2.24) is 0 Å². The number of anilines is 1. The number of nitrogens with zero attached hydrogens (tertiary/aromatic N) is 3. The van der Waals surface area contributed by atoms with Crippen molar-refractivity contribution in [1.29, 1.82) is 5.26 Å². The molecule has 1 heterocycles. The van der Waals surface area contributed by atoms with E-state index < -0.39 is 29.3 Å². The van der Waals surface area contributed by atoms with Gasteiger partial charge in [-0.2, -0.15) is 0 Å². The Morgan fingerprint density at radius 2 is 1.15 bits per heavy atom. The predicted molar refractivity (Wildman–Crippen MR) is 89.4 cm³/mol. The average molecular weight is 395 g/mol. The molecule has 0 spiro atoms. The van der Waals surface area contributed by atoms with Crippen LogP contribution in [0.1, 0.15) is 0 Å². The summed E-state index contributed by atoms with van der Waals surface area (Å²) in [5.41, 5.74) is 0. The molecule has 0 saturated carbocycles. The fraction of sp³-hybridized carbons (Fsp3) is 0.250. The minimum atomic E-state index is -2.42. The average Bonchev–Trinajstić information content (AvgIpc) is 2.44. The first-order chi connectivity index (χ1) is 12.2. The van der Waals surface area contributed by atoms with E-state index in [9.17, 15) is 0 Å². The molecule has 0 fully saturated rings. The molecule has 1 aromatic heterocycles. The van der Waals surface area contributed by atoms with Gasteiger partial charge in [-0.15, -0.1) is 4.57 Å². The maximum Gasteiger partial charge on any atom is 0.631 e. The standard InChI is InChI=1S/C8H10N3.3BH3O3.BH2O3/c1-10(2)8-5-3-4-6-11(8)7-9;4*2-1(3)4/h3-6H,1-2H3;3*2-4H;2-3H/q+1;;;;-1. The molecule has 11 N–H and O–H groups in total. The normalized spacial score (nSPS) is 7.59. The van der Waals surface area contributed by atoms with Crippen molar-refractivity contribution < 1.29 is 64.9 Å². The number of hydrogen-bond acceptors (Lipinski definition) is 14. The monoisotopic (exact) mass is 395 g/mol.